The van der Waals surface area contributed by atoms with Crippen LogP contribution in [0.15, 0.2) is 164 Å². The molecule has 0 radical (unpaired) electrons. The van der Waals surface area contributed by atoms with Crippen LogP contribution < -0.4 is 0 Å². The Morgan fingerprint density at radius 3 is 1.46 bits per heavy atom. The van der Waals surface area contributed by atoms with Crippen LogP contribution in [0.5, 0.6) is 0 Å². The lowest BCUT2D eigenvalue weighted by Gasteiger charge is -2.15. The lowest BCUT2D eigenvalue weighted by molar-refractivity contribution is 1.18. The molecule has 8 aromatic carbocycles. The number of aromatic nitrogens is 3. The summed E-state index contributed by atoms with van der Waals surface area (Å²) >= 11 is 0. The Bertz CT molecular complexity index is 3070. The Hall–Kier alpha value is -6.45. The maximum Gasteiger partial charge on any atom is 0.0970 e. The predicted molar refractivity (Wildman–Crippen MR) is 203 cm³/mol. The molecular weight excluding hydrogens is 583 g/mol. The number of hydrogen-bond donors (Lipinski definition) is 0. The first kappa shape index (κ1) is 25.7. The van der Waals surface area contributed by atoms with Gasteiger partial charge in [0.25, 0.3) is 0 Å². The van der Waals surface area contributed by atoms with E-state index in [1.165, 1.54) is 65.0 Å². The van der Waals surface area contributed by atoms with E-state index in [-0.39, 0.29) is 0 Å². The first-order valence-corrected chi connectivity index (χ1v) is 16.5. The summed E-state index contributed by atoms with van der Waals surface area (Å²) in [6.07, 6.45) is 2.09. The molecule has 0 fully saturated rings. The maximum atomic E-state index is 5.27. The van der Waals surface area contributed by atoms with Gasteiger partial charge in [-0.25, -0.2) is 0 Å². The predicted octanol–water partition coefficient (Wildman–Crippen LogP) is 11.9. The second-order valence-corrected chi connectivity index (χ2v) is 12.7. The zero-order valence-corrected chi connectivity index (χ0v) is 25.9. The number of benzene rings is 8. The van der Waals surface area contributed by atoms with Crippen molar-refractivity contribution in [2.45, 2.75) is 0 Å². The zero-order chi connectivity index (χ0) is 31.3. The fourth-order valence-electron chi connectivity index (χ4n) is 8.30. The summed E-state index contributed by atoms with van der Waals surface area (Å²) in [4.78, 5) is 5.27. The highest BCUT2D eigenvalue weighted by Gasteiger charge is 2.21. The highest BCUT2D eigenvalue weighted by molar-refractivity contribution is 6.27. The first-order chi connectivity index (χ1) is 23.8. The van der Waals surface area contributed by atoms with Gasteiger partial charge in [-0.15, -0.1) is 0 Å². The summed E-state index contributed by atoms with van der Waals surface area (Å²) in [5, 5.41) is 13.6. The van der Waals surface area contributed by atoms with Gasteiger partial charge in [0.15, 0.2) is 0 Å². The number of pyridine rings is 1. The van der Waals surface area contributed by atoms with E-state index in [4.69, 9.17) is 4.98 Å². The van der Waals surface area contributed by atoms with Crippen molar-refractivity contribution in [2.75, 3.05) is 0 Å². The lowest BCUT2D eigenvalue weighted by Crippen LogP contribution is -1.97. The van der Waals surface area contributed by atoms with E-state index in [9.17, 15) is 0 Å². The number of fused-ring (bicyclic) bond motifs is 15. The third-order valence-electron chi connectivity index (χ3n) is 10.3. The van der Waals surface area contributed by atoms with Crippen LogP contribution in [0.1, 0.15) is 0 Å². The van der Waals surface area contributed by atoms with Crippen molar-refractivity contribution in [3.8, 4) is 11.4 Å². The van der Waals surface area contributed by atoms with E-state index in [1.54, 1.807) is 0 Å². The van der Waals surface area contributed by atoms with Gasteiger partial charge >= 0.3 is 0 Å². The minimum atomic E-state index is 1.00. The van der Waals surface area contributed by atoms with Crippen LogP contribution in [-0.2, 0) is 0 Å². The monoisotopic (exact) mass is 609 g/mol. The van der Waals surface area contributed by atoms with Gasteiger partial charge in [-0.3, -0.25) is 4.98 Å². The molecular formula is C45H27N3. The molecule has 0 bridgehead atoms. The third kappa shape index (κ3) is 3.35. The molecule has 0 spiro atoms. The van der Waals surface area contributed by atoms with E-state index < -0.39 is 0 Å². The van der Waals surface area contributed by atoms with Crippen molar-refractivity contribution < 1.29 is 0 Å². The largest absolute Gasteiger partial charge is 0.308 e. The van der Waals surface area contributed by atoms with Crippen molar-refractivity contribution in [3.63, 3.8) is 0 Å². The van der Waals surface area contributed by atoms with Gasteiger partial charge in [0.05, 0.1) is 27.6 Å². The molecule has 11 aromatic rings. The normalized spacial score (nSPS) is 12.2. The zero-order valence-electron chi connectivity index (χ0n) is 25.9. The molecule has 3 heteroatoms. The first-order valence-electron chi connectivity index (χ1n) is 16.5. The van der Waals surface area contributed by atoms with E-state index in [2.05, 4.69) is 173 Å². The Kier molecular flexibility index (Phi) is 5.11. The number of hydrogen-bond acceptors (Lipinski definition) is 1. The average molecular weight is 610 g/mol. The average Bonchev–Trinajstić information content (AvgIpc) is 3.69. The summed E-state index contributed by atoms with van der Waals surface area (Å²) in [7, 11) is 0. The molecule has 0 saturated carbocycles. The van der Waals surface area contributed by atoms with Crippen LogP contribution in [0.3, 0.4) is 0 Å². The number of para-hydroxylation sites is 3. The molecule has 0 aliphatic rings. The molecule has 0 unspecified atom stereocenters. The molecule has 222 valence electrons. The lowest BCUT2D eigenvalue weighted by atomic mass is 9.94. The molecule has 0 atom stereocenters. The van der Waals surface area contributed by atoms with Crippen LogP contribution in [0.4, 0.5) is 0 Å². The van der Waals surface area contributed by atoms with E-state index in [1.807, 2.05) is 0 Å². The van der Waals surface area contributed by atoms with Crippen molar-refractivity contribution in [3.05, 3.63) is 164 Å². The molecule has 0 aliphatic carbocycles. The molecule has 11 rings (SSSR count). The Morgan fingerprint density at radius 2 is 0.792 bits per heavy atom. The SMILES string of the molecule is c1ccc(-n2c3ccccc3c3ccc4c(ncc5c6ccccc6n(-c6ccc7c8ccccc8c8ccccc8c7c6)c54)c32)cc1. The highest BCUT2D eigenvalue weighted by Crippen LogP contribution is 2.42. The molecule has 3 nitrogen and oxygen atoms in total. The molecule has 3 aromatic heterocycles. The van der Waals surface area contributed by atoms with E-state index >= 15 is 0 Å². The summed E-state index contributed by atoms with van der Waals surface area (Å²) in [5.41, 5.74) is 7.95. The Balaban J connectivity index is 1.31. The quantitative estimate of drug-likeness (QED) is 0.179. The Morgan fingerprint density at radius 1 is 0.312 bits per heavy atom. The summed E-state index contributed by atoms with van der Waals surface area (Å²) in [5.74, 6) is 0. The van der Waals surface area contributed by atoms with Gasteiger partial charge in [0.1, 0.15) is 0 Å². The Labute approximate surface area is 275 Å². The minimum absolute atomic E-state index is 1.00. The van der Waals surface area contributed by atoms with Gasteiger partial charge in [-0.05, 0) is 74.8 Å². The van der Waals surface area contributed by atoms with Crippen LogP contribution in [0.2, 0.25) is 0 Å². The van der Waals surface area contributed by atoms with Gasteiger partial charge < -0.3 is 9.13 Å². The van der Waals surface area contributed by atoms with E-state index in [0.29, 0.717) is 0 Å². The third-order valence-corrected chi connectivity index (χ3v) is 10.3. The molecule has 3 heterocycles. The van der Waals surface area contributed by atoms with Crippen molar-refractivity contribution >= 4 is 86.8 Å². The van der Waals surface area contributed by atoms with Gasteiger partial charge in [-0.1, -0.05) is 115 Å². The van der Waals surface area contributed by atoms with Crippen LogP contribution >= 0.6 is 0 Å². The van der Waals surface area contributed by atoms with Crippen LogP contribution in [0, 0.1) is 0 Å². The fourth-order valence-corrected chi connectivity index (χ4v) is 8.30. The van der Waals surface area contributed by atoms with Crippen molar-refractivity contribution in [1.29, 1.82) is 0 Å². The molecule has 0 aliphatic heterocycles. The number of rotatable bonds is 2. The van der Waals surface area contributed by atoms with Crippen LogP contribution in [0.25, 0.3) is 98.2 Å². The van der Waals surface area contributed by atoms with Crippen LogP contribution in [-0.4, -0.2) is 14.1 Å². The molecule has 0 N–H and O–H groups in total. The van der Waals surface area contributed by atoms with Gasteiger partial charge in [-0.2, -0.15) is 0 Å². The van der Waals surface area contributed by atoms with E-state index in [0.717, 1.165) is 33.2 Å². The second kappa shape index (κ2) is 9.54. The molecule has 0 amide bonds. The highest BCUT2D eigenvalue weighted by atomic mass is 15.0. The van der Waals surface area contributed by atoms with Crippen molar-refractivity contribution in [1.82, 2.24) is 14.1 Å². The standard InChI is InChI=1S/C45H27N3/c1-2-12-28(13-3-1)47-41-20-10-8-18-35(41)37-24-25-38-43(45(37)47)46-27-40-36-19-9-11-21-42(36)48(44(38)40)29-22-23-34-32-16-5-4-14-30(32)31-15-6-7-17-33(31)39(34)26-29/h1-27H. The smallest absolute Gasteiger partial charge is 0.0970 e. The van der Waals surface area contributed by atoms with Crippen molar-refractivity contribution in [2.24, 2.45) is 0 Å². The topological polar surface area (TPSA) is 22.8 Å². The van der Waals surface area contributed by atoms with Gasteiger partial charge in [0, 0.05) is 44.5 Å². The number of nitrogens with zero attached hydrogens (tertiary/aromatic N) is 3. The summed E-state index contributed by atoms with van der Waals surface area (Å²) in [6, 6.07) is 57.3. The fraction of sp³-hybridized carbons (Fsp3) is 0. The maximum absolute atomic E-state index is 5.27. The van der Waals surface area contributed by atoms with Gasteiger partial charge in [0.2, 0.25) is 0 Å². The molecule has 0 saturated heterocycles. The minimum Gasteiger partial charge on any atom is -0.308 e. The summed E-state index contributed by atoms with van der Waals surface area (Å²) in [6.45, 7) is 0. The summed E-state index contributed by atoms with van der Waals surface area (Å²) < 4.78 is 4.84. The molecule has 48 heavy (non-hydrogen) atoms. The second-order valence-electron chi connectivity index (χ2n) is 12.7.